The summed E-state index contributed by atoms with van der Waals surface area (Å²) in [6.07, 6.45) is 8.92. The molecule has 0 bridgehead atoms. The molecule has 2 radical (unpaired) electrons. The molecule has 0 unspecified atom stereocenters. The van der Waals surface area contributed by atoms with Crippen molar-refractivity contribution in [3.8, 4) is 0 Å². The summed E-state index contributed by atoms with van der Waals surface area (Å²) >= 11 is 0. The predicted octanol–water partition coefficient (Wildman–Crippen LogP) is 17.8. The SMILES string of the molecule is C1CCOC1.C1CCOC1.CC(C)[PH+](CC[PH+](C(C)C)C(C)C)C(C)C.CC(C)[PH+](CC[PH+](C(C)C)C(C)C)C(C)C.[Rh].[Rh].c1ccc([B-](c2ccccc2)(c2ccccc2)c2ccccc2)cc1.c1ccc([B-](c2ccccc2)(c2ccccc2)c2ccccc2)cc1. The smallest absolute Gasteiger partial charge is 0.108 e. The van der Waals surface area contributed by atoms with Crippen LogP contribution in [0.25, 0.3) is 0 Å². The summed E-state index contributed by atoms with van der Waals surface area (Å²) in [5, 5.41) is 0. The van der Waals surface area contributed by atoms with Crippen molar-refractivity contribution in [3.63, 3.8) is 0 Å². The molecular weight excluding hydrogens is 1390 g/mol. The van der Waals surface area contributed by atoms with E-state index >= 15 is 0 Å². The van der Waals surface area contributed by atoms with Crippen molar-refractivity contribution in [1.82, 2.24) is 0 Å². The topological polar surface area (TPSA) is 18.5 Å². The molecule has 2 aliphatic rings. The number of rotatable bonds is 22. The molecule has 2 aliphatic heterocycles. The quantitative estimate of drug-likeness (QED) is 0.0497. The van der Waals surface area contributed by atoms with E-state index in [9.17, 15) is 0 Å². The summed E-state index contributed by atoms with van der Waals surface area (Å²) in [5.74, 6) is 0. The Hall–Kier alpha value is -3.22. The maximum absolute atomic E-state index is 4.94. The second-order valence-corrected chi connectivity index (χ2v) is 44.0. The Bertz CT molecular complexity index is 2460. The summed E-state index contributed by atoms with van der Waals surface area (Å²) in [4.78, 5) is 0. The van der Waals surface area contributed by atoms with E-state index in [1.54, 1.807) is 24.6 Å². The molecule has 10 rings (SSSR count). The van der Waals surface area contributed by atoms with Crippen molar-refractivity contribution in [3.05, 3.63) is 243 Å². The van der Waals surface area contributed by atoms with Crippen molar-refractivity contribution in [2.75, 3.05) is 51.1 Å². The number of hydrogen-bond donors (Lipinski definition) is 0. The van der Waals surface area contributed by atoms with E-state index in [-0.39, 0.29) is 70.6 Å². The van der Waals surface area contributed by atoms with Crippen LogP contribution in [0.5, 0.6) is 0 Å². The van der Waals surface area contributed by atoms with Gasteiger partial charge in [0, 0.05) is 97.1 Å². The Kier molecular flexibility index (Phi) is 42.4. The third kappa shape index (κ3) is 26.5. The summed E-state index contributed by atoms with van der Waals surface area (Å²) in [7, 11) is -0.458. The van der Waals surface area contributed by atoms with Gasteiger partial charge in [-0.3, -0.25) is 0 Å². The van der Waals surface area contributed by atoms with Gasteiger partial charge in [0.15, 0.2) is 0 Å². The van der Waals surface area contributed by atoms with Crippen LogP contribution in [-0.2, 0) is 48.4 Å². The second-order valence-electron chi connectivity index (χ2n) is 28.2. The van der Waals surface area contributed by atoms with Gasteiger partial charge in [-0.2, -0.15) is 43.7 Å². The largest absolute Gasteiger partial charge is 0.381 e. The Balaban J connectivity index is 0.000000314. The molecule has 0 aromatic heterocycles. The molecule has 0 N–H and O–H groups in total. The molecule has 94 heavy (non-hydrogen) atoms. The van der Waals surface area contributed by atoms with Gasteiger partial charge < -0.3 is 9.47 Å². The fourth-order valence-electron chi connectivity index (χ4n) is 14.8. The van der Waals surface area contributed by atoms with Gasteiger partial charge in [0.25, 0.3) is 0 Å². The molecule has 2 nitrogen and oxygen atoms in total. The van der Waals surface area contributed by atoms with Crippen LogP contribution in [0.1, 0.15) is 136 Å². The van der Waals surface area contributed by atoms with Crippen LogP contribution in [0.4, 0.5) is 0 Å². The third-order valence-electron chi connectivity index (χ3n) is 19.4. The summed E-state index contributed by atoms with van der Waals surface area (Å²) in [5.41, 5.74) is 18.3. The minimum atomic E-state index is -1.22. The maximum Gasteiger partial charge on any atom is 0.108 e. The molecule has 0 amide bonds. The van der Waals surface area contributed by atoms with Gasteiger partial charge in [0.05, 0.1) is 69.9 Å². The molecule has 8 aromatic carbocycles. The zero-order valence-corrected chi connectivity index (χ0v) is 68.1. The van der Waals surface area contributed by atoms with Gasteiger partial charge >= 0.3 is 0 Å². The first kappa shape index (κ1) is 85.0. The number of hydrogen-bond acceptors (Lipinski definition) is 2. The molecule has 2 saturated heterocycles. The zero-order valence-electron chi connectivity index (χ0n) is 60.8. The maximum atomic E-state index is 4.94. The standard InChI is InChI=1S/2C24H20B.2C14H32P2.2C4H8O.2Rh/c2*1-5-13-21(14-6-1)25(22-15-7-2-8-16-22,23-17-9-3-10-18-23)24-19-11-4-12-20-24;2*1-11(2)15(12(3)4)9-10-16(13(5)6)14(7)8;2*1-2-4-5-3-1;;/h2*1-20H;2*11-14H,9-10H2,1-8H3;2*1-4H2;;/q2*-1;;;;;;/p+4. The van der Waals surface area contributed by atoms with Crippen molar-refractivity contribution < 1.29 is 48.4 Å². The average Bonchev–Trinajstić information content (AvgIpc) is 0.784. The van der Waals surface area contributed by atoms with Gasteiger partial charge in [-0.1, -0.05) is 243 Å². The Morgan fingerprint density at radius 1 is 0.223 bits per heavy atom. The summed E-state index contributed by atoms with van der Waals surface area (Å²) < 4.78 is 9.89. The monoisotopic (exact) mass is 1520 g/mol. The van der Waals surface area contributed by atoms with E-state index in [2.05, 4.69) is 353 Å². The molecule has 0 saturated carbocycles. The fraction of sp³-hybridized carbons (Fsp3) is 0.429. The van der Waals surface area contributed by atoms with Gasteiger partial charge in [-0.25, -0.2) is 0 Å². The first-order valence-electron chi connectivity index (χ1n) is 35.7. The van der Waals surface area contributed by atoms with Crippen LogP contribution in [0, 0.1) is 0 Å². The van der Waals surface area contributed by atoms with E-state index < -0.39 is 12.3 Å². The van der Waals surface area contributed by atoms with Gasteiger partial charge in [-0.15, -0.1) is 0 Å². The number of benzene rings is 8. The van der Waals surface area contributed by atoms with Crippen molar-refractivity contribution >= 4 is 87.7 Å². The third-order valence-corrected chi connectivity index (χ3v) is 35.6. The number of ether oxygens (including phenoxy) is 2. The summed E-state index contributed by atoms with van der Waals surface area (Å²) in [6.45, 7) is 43.0. The van der Waals surface area contributed by atoms with Gasteiger partial charge in [0.2, 0.25) is 0 Å². The molecule has 2 heterocycles. The van der Waals surface area contributed by atoms with Crippen molar-refractivity contribution in [2.45, 2.75) is 182 Å². The van der Waals surface area contributed by atoms with Crippen molar-refractivity contribution in [2.24, 2.45) is 0 Å². The fourth-order valence-corrected chi connectivity index (χ4v) is 29.4. The van der Waals surface area contributed by atoms with E-state index in [0.717, 1.165) is 71.7 Å². The Morgan fingerprint density at radius 3 is 0.426 bits per heavy atom. The van der Waals surface area contributed by atoms with E-state index in [1.807, 2.05) is 0 Å². The molecule has 2 fully saturated rings. The summed E-state index contributed by atoms with van der Waals surface area (Å²) in [6, 6.07) is 87.1. The van der Waals surface area contributed by atoms with E-state index in [4.69, 9.17) is 9.47 Å². The van der Waals surface area contributed by atoms with Crippen molar-refractivity contribution in [1.29, 1.82) is 0 Å². The normalized spacial score (nSPS) is 13.0. The Labute approximate surface area is 606 Å². The first-order valence-corrected chi connectivity index (χ1v) is 43.2. The second kappa shape index (κ2) is 46.9. The molecule has 0 atom stereocenters. The van der Waals surface area contributed by atoms with Crippen LogP contribution in [0.15, 0.2) is 243 Å². The van der Waals surface area contributed by atoms with E-state index in [0.29, 0.717) is 0 Å². The molecule has 514 valence electrons. The predicted molar refractivity (Wildman–Crippen MR) is 434 cm³/mol. The Morgan fingerprint density at radius 2 is 0.340 bits per heavy atom. The van der Waals surface area contributed by atoms with Crippen LogP contribution in [0.2, 0.25) is 0 Å². The van der Waals surface area contributed by atoms with Crippen LogP contribution in [-0.4, -0.2) is 109 Å². The van der Waals surface area contributed by atoms with Crippen LogP contribution < -0.4 is 43.7 Å². The van der Waals surface area contributed by atoms with Gasteiger partial charge in [0.1, 0.15) is 12.3 Å². The molecule has 8 aromatic rings. The van der Waals surface area contributed by atoms with Crippen LogP contribution in [0.3, 0.4) is 0 Å². The van der Waals surface area contributed by atoms with Gasteiger partial charge in [-0.05, 0) is 136 Å². The zero-order chi connectivity index (χ0) is 66.7. The molecular formula is C84H124B2O2P4Rh2+2. The molecule has 10 heteroatoms. The average molecular weight is 1520 g/mol. The van der Waals surface area contributed by atoms with Crippen LogP contribution >= 0.6 is 31.7 Å². The molecule has 0 aliphatic carbocycles. The first-order chi connectivity index (χ1) is 44.4. The minimum absolute atomic E-state index is 0. The minimum Gasteiger partial charge on any atom is -0.381 e. The van der Waals surface area contributed by atoms with E-state index in [1.165, 1.54) is 69.4 Å². The molecule has 0 spiro atoms.